The third-order valence-electron chi connectivity index (χ3n) is 0. The molecule has 1 N–H and O–H groups in total. The Morgan fingerprint density at radius 2 is 1.30 bits per heavy atom. The minimum absolute atomic E-state index is 0. The largest absolute Gasteiger partial charge is 2.00 e. The molecule has 0 radical (unpaired) electrons. The van der Waals surface area contributed by atoms with Crippen molar-refractivity contribution in [3.63, 3.8) is 0 Å². The van der Waals surface area contributed by atoms with Crippen molar-refractivity contribution >= 4 is 10.4 Å². The molecule has 0 saturated carbocycles. The number of rotatable bonds is 0. The van der Waals surface area contributed by atoms with Crippen LogP contribution in [0.2, 0.25) is 0 Å². The van der Waals surface area contributed by atoms with Gasteiger partial charge in [0.05, 0.1) is 0 Å². The van der Waals surface area contributed by atoms with E-state index in [2.05, 4.69) is 0 Å². The molecular weight excluding hydrogens is 223 g/mol. The minimum atomic E-state index is -5.17. The van der Waals surface area contributed by atoms with Gasteiger partial charge in [-0.25, -0.2) is 0 Å². The Morgan fingerprint density at radius 3 is 1.30 bits per heavy atom. The predicted octanol–water partition coefficient (Wildman–Crippen LogP) is -1.69. The third-order valence-corrected chi connectivity index (χ3v) is 0. The fourth-order valence-corrected chi connectivity index (χ4v) is 0. The molecule has 0 atom stereocenters. The fraction of sp³-hybridized carbons (Fsp3) is 0. The third kappa shape index (κ3) is 3670. The minimum Gasteiger partial charge on any atom is -0.759 e. The van der Waals surface area contributed by atoms with Crippen LogP contribution in [0.15, 0.2) is 0 Å². The van der Waals surface area contributed by atoms with Crippen LogP contribution in [0.1, 0.15) is 0 Å². The molecule has 0 spiro atoms. The van der Waals surface area contributed by atoms with Gasteiger partial charge in [-0.15, -0.1) is 10.1 Å². The normalized spacial score (nSPS) is 8.20. The van der Waals surface area contributed by atoms with Gasteiger partial charge in [-0.05, 0) is 0 Å². The molecule has 56 valence electrons. The van der Waals surface area contributed by atoms with Gasteiger partial charge in [-0.2, -0.15) is 0 Å². The van der Waals surface area contributed by atoms with Crippen molar-refractivity contribution < 1.29 is 47.3 Å². The Balaban J connectivity index is -0.0000000910. The van der Waals surface area contributed by atoms with Crippen molar-refractivity contribution in [1.82, 2.24) is 0 Å². The number of hydrogen-bond donors (Lipinski definition) is 1. The van der Waals surface area contributed by atoms with Crippen LogP contribution in [0.25, 0.3) is 0 Å². The van der Waals surface area contributed by atoms with Gasteiger partial charge in [0.2, 0.25) is 0 Å². The van der Waals surface area contributed by atoms with Crippen molar-refractivity contribution in [1.29, 1.82) is 0 Å². The molecule has 0 aliphatic carbocycles. The van der Waals surface area contributed by atoms with Gasteiger partial charge in [0.1, 0.15) is 0 Å². The van der Waals surface area contributed by atoms with Gasteiger partial charge in [-0.3, -0.25) is 8.42 Å². The van der Waals surface area contributed by atoms with E-state index < -0.39 is 15.5 Å². The molecule has 8 nitrogen and oxygen atoms in total. The molecule has 0 rings (SSSR count). The van der Waals surface area contributed by atoms with Gasteiger partial charge in [0.15, 0.2) is 0 Å². The van der Waals surface area contributed by atoms with E-state index in [1.54, 1.807) is 0 Å². The van der Waals surface area contributed by atoms with Crippen molar-refractivity contribution in [3.05, 3.63) is 10.1 Å². The van der Waals surface area contributed by atoms with E-state index in [4.69, 9.17) is 32.8 Å². The van der Waals surface area contributed by atoms with Gasteiger partial charge in [-0.1, -0.05) is 0 Å². The van der Waals surface area contributed by atoms with E-state index in [9.17, 15) is 0 Å². The zero-order chi connectivity index (χ0) is 8.08. The topological polar surface area (TPSA) is 144 Å². The summed E-state index contributed by atoms with van der Waals surface area (Å²) in [5.74, 6) is 0. The maximum Gasteiger partial charge on any atom is 2.00 e. The van der Waals surface area contributed by atoms with Gasteiger partial charge in [0, 0.05) is 10.4 Å². The second-order valence-corrected chi connectivity index (χ2v) is 1.46. The molecule has 10 heteroatoms. The zero-order valence-corrected chi connectivity index (χ0v) is 8.24. The van der Waals surface area contributed by atoms with Crippen molar-refractivity contribution in [3.8, 4) is 0 Å². The molecule has 0 aromatic heterocycles. The first-order valence-electron chi connectivity index (χ1n) is 1.23. The van der Waals surface area contributed by atoms with E-state index >= 15 is 0 Å². The van der Waals surface area contributed by atoms with Crippen LogP contribution in [0.5, 0.6) is 0 Å². The second kappa shape index (κ2) is 6.81. The van der Waals surface area contributed by atoms with Crippen LogP contribution < -0.4 is 0 Å². The summed E-state index contributed by atoms with van der Waals surface area (Å²) in [6, 6.07) is 0. The quantitative estimate of drug-likeness (QED) is 0.170. The monoisotopic (exact) mass is 223 g/mol. The van der Waals surface area contributed by atoms with Crippen molar-refractivity contribution in [2.24, 2.45) is 0 Å². The van der Waals surface area contributed by atoms with Gasteiger partial charge < -0.3 is 14.3 Å². The Morgan fingerprint density at radius 1 is 1.30 bits per heavy atom. The Hall–Kier alpha value is -0.307. The van der Waals surface area contributed by atoms with E-state index in [0.29, 0.717) is 0 Å². The van der Waals surface area contributed by atoms with E-state index in [-0.39, 0.29) is 19.5 Å². The molecule has 0 saturated heterocycles. The zero-order valence-electron chi connectivity index (χ0n) is 4.46. The van der Waals surface area contributed by atoms with Crippen LogP contribution in [0.3, 0.4) is 0 Å². The fourth-order valence-electron chi connectivity index (χ4n) is 0. The van der Waals surface area contributed by atoms with Crippen molar-refractivity contribution in [2.75, 3.05) is 0 Å². The van der Waals surface area contributed by atoms with Crippen LogP contribution >= 0.6 is 0 Å². The summed E-state index contributed by atoms with van der Waals surface area (Å²) in [5.41, 5.74) is 0. The van der Waals surface area contributed by atoms with E-state index in [1.807, 2.05) is 0 Å². The molecule has 0 heterocycles. The summed E-state index contributed by atoms with van der Waals surface area (Å²) in [7, 11) is -5.17. The summed E-state index contributed by atoms with van der Waals surface area (Å²) >= 11 is 0. The molecule has 0 aromatic carbocycles. The Labute approximate surface area is 68.3 Å². The molecule has 0 bridgehead atoms. The molecule has 0 amide bonds. The van der Waals surface area contributed by atoms with Crippen molar-refractivity contribution in [2.45, 2.75) is 0 Å². The van der Waals surface area contributed by atoms with Gasteiger partial charge >= 0.3 is 19.5 Å². The summed E-state index contributed by atoms with van der Waals surface area (Å²) in [6.07, 6.45) is 0. The molecule has 0 aliphatic rings. The maximum atomic E-state index is 8.52. The van der Waals surface area contributed by atoms with E-state index in [0.717, 1.165) is 0 Å². The first kappa shape index (κ1) is 16.4. The summed E-state index contributed by atoms with van der Waals surface area (Å²) < 4.78 is 34.1. The first-order valence-corrected chi connectivity index (χ1v) is 2.57. The smallest absolute Gasteiger partial charge is 0.759 e. The van der Waals surface area contributed by atoms with E-state index in [1.165, 1.54) is 0 Å². The van der Waals surface area contributed by atoms with Crippen LogP contribution in [-0.2, 0) is 29.9 Å². The number of nitrogens with zero attached hydrogens (tertiary/aromatic N) is 1. The molecule has 0 fully saturated rings. The van der Waals surface area contributed by atoms with Crippen LogP contribution in [-0.4, -0.2) is 27.8 Å². The average Bonchev–Trinajstić information content (AvgIpc) is 1.19. The molecule has 0 aliphatic heterocycles. The number of hydrogen-bond acceptors (Lipinski definition) is 6. The molecular formula is HNO7SZn. The average molecular weight is 224 g/mol. The second-order valence-electron chi connectivity index (χ2n) is 0.646. The Kier molecular flexibility index (Phi) is 11.1. The molecule has 10 heavy (non-hydrogen) atoms. The van der Waals surface area contributed by atoms with Crippen LogP contribution in [0, 0.1) is 10.1 Å². The standard InChI is InChI=1S/HNO3.H2O4S.Zn/c2-1(3)4;1-5(2,3)4;/h(H,2,3,4);(H2,1,2,3,4);/q;;+2/p-2. The molecule has 0 aromatic rings. The summed E-state index contributed by atoms with van der Waals surface area (Å²) in [4.78, 5) is 8.36. The first-order chi connectivity index (χ1) is 3.73. The summed E-state index contributed by atoms with van der Waals surface area (Å²) in [6.45, 7) is 0. The Bertz CT molecular complexity index is 156. The maximum absolute atomic E-state index is 8.52. The van der Waals surface area contributed by atoms with Crippen LogP contribution in [0.4, 0.5) is 0 Å². The SMILES string of the molecule is O=S(=O)([O-])[O-].O=[N+]([O-])O.[Zn+2]. The van der Waals surface area contributed by atoms with Gasteiger partial charge in [0.25, 0.3) is 5.09 Å². The summed E-state index contributed by atoms with van der Waals surface area (Å²) in [5, 5.41) is 13.6. The predicted molar refractivity (Wildman–Crippen MR) is 19.3 cm³/mol. The molecule has 0 unspecified atom stereocenters.